The van der Waals surface area contributed by atoms with Gasteiger partial charge in [0.15, 0.2) is 5.78 Å². The fraction of sp³-hybridized carbons (Fsp3) is 0.250. The maximum absolute atomic E-state index is 13.1. The molecule has 120 valence electrons. The van der Waals surface area contributed by atoms with Crippen LogP contribution in [0.4, 0.5) is 0 Å². The molecule has 2 saturated heterocycles. The van der Waals surface area contributed by atoms with Crippen molar-refractivity contribution in [2.24, 2.45) is 0 Å². The summed E-state index contributed by atoms with van der Waals surface area (Å²) in [6, 6.07) is 8.17. The van der Waals surface area contributed by atoms with Gasteiger partial charge in [-0.15, -0.1) is 0 Å². The third-order valence-corrected chi connectivity index (χ3v) is 4.95. The highest BCUT2D eigenvalue weighted by molar-refractivity contribution is 6.16. The second-order valence-corrected chi connectivity index (χ2v) is 6.38. The highest BCUT2D eigenvalue weighted by Gasteiger charge is 2.44. The molecule has 0 unspecified atom stereocenters. The average Bonchev–Trinajstić information content (AvgIpc) is 2.93. The van der Waals surface area contributed by atoms with Crippen LogP contribution < -0.4 is 0 Å². The zero-order chi connectivity index (χ0) is 16.5. The van der Waals surface area contributed by atoms with Crippen LogP contribution in [0.3, 0.4) is 0 Å². The van der Waals surface area contributed by atoms with E-state index < -0.39 is 0 Å². The van der Waals surface area contributed by atoms with E-state index in [4.69, 9.17) is 0 Å². The van der Waals surface area contributed by atoms with Crippen LogP contribution >= 0.6 is 0 Å². The van der Waals surface area contributed by atoms with Crippen LogP contribution in [0.25, 0.3) is 12.2 Å². The highest BCUT2D eigenvalue weighted by Crippen LogP contribution is 2.40. The number of rotatable bonds is 2. The number of likely N-dealkylation sites (N-methyl/N-ethyl adjacent to an activating group) is 1. The molecule has 0 aromatic carbocycles. The lowest BCUT2D eigenvalue weighted by molar-refractivity contribution is -0.114. The van der Waals surface area contributed by atoms with Gasteiger partial charge in [-0.3, -0.25) is 19.7 Å². The van der Waals surface area contributed by atoms with E-state index in [2.05, 4.69) is 21.9 Å². The summed E-state index contributed by atoms with van der Waals surface area (Å²) in [6.07, 6.45) is 13.1. The van der Waals surface area contributed by atoms with E-state index >= 15 is 0 Å². The molecule has 0 radical (unpaired) electrons. The van der Waals surface area contributed by atoms with E-state index in [1.165, 1.54) is 0 Å². The van der Waals surface area contributed by atoms with Crippen molar-refractivity contribution in [1.82, 2.24) is 14.9 Å². The summed E-state index contributed by atoms with van der Waals surface area (Å²) in [5.74, 6) is 0.160. The van der Waals surface area contributed by atoms with Crippen LogP contribution in [0.1, 0.15) is 24.0 Å². The van der Waals surface area contributed by atoms with Crippen LogP contribution in [-0.2, 0) is 4.79 Å². The van der Waals surface area contributed by atoms with Gasteiger partial charge in [0.25, 0.3) is 0 Å². The molecule has 2 fully saturated rings. The minimum atomic E-state index is 0.160. The van der Waals surface area contributed by atoms with Gasteiger partial charge >= 0.3 is 0 Å². The first-order valence-corrected chi connectivity index (χ1v) is 8.24. The lowest BCUT2D eigenvalue weighted by Crippen LogP contribution is -2.43. The number of carbonyl (C=O) groups is 1. The summed E-state index contributed by atoms with van der Waals surface area (Å²) in [5, 5.41) is 0. The van der Waals surface area contributed by atoms with Gasteiger partial charge in [-0.2, -0.15) is 0 Å². The standard InChI is InChI=1S/C20H19N3O/c1-23-18-6-7-19(23)17(11-15-5-3-9-22-13-15)20(24)16(18)10-14-4-2-8-21-12-14/h2-5,8-13,18-19H,6-7H2,1H3/b16-10+,17-11+/t18-,19-/m0/s1. The average molecular weight is 317 g/mol. The molecule has 4 heterocycles. The summed E-state index contributed by atoms with van der Waals surface area (Å²) < 4.78 is 0. The number of piperidine rings is 1. The molecule has 0 saturated carbocycles. The van der Waals surface area contributed by atoms with Gasteiger partial charge in [-0.25, -0.2) is 0 Å². The number of carbonyl (C=O) groups excluding carboxylic acids is 1. The molecule has 4 rings (SSSR count). The third kappa shape index (κ3) is 2.59. The van der Waals surface area contributed by atoms with Crippen molar-refractivity contribution in [2.45, 2.75) is 24.9 Å². The lowest BCUT2D eigenvalue weighted by Gasteiger charge is -2.34. The molecule has 2 aliphatic heterocycles. The number of hydrogen-bond acceptors (Lipinski definition) is 4. The quantitative estimate of drug-likeness (QED) is 0.799. The van der Waals surface area contributed by atoms with Crippen LogP contribution in [0.5, 0.6) is 0 Å². The van der Waals surface area contributed by atoms with Gasteiger partial charge in [-0.1, -0.05) is 12.1 Å². The monoisotopic (exact) mass is 317 g/mol. The molecule has 4 heteroatoms. The van der Waals surface area contributed by atoms with Gasteiger partial charge in [0.1, 0.15) is 0 Å². The van der Waals surface area contributed by atoms with Gasteiger partial charge in [-0.05, 0) is 55.3 Å². The highest BCUT2D eigenvalue weighted by atomic mass is 16.1. The summed E-state index contributed by atoms with van der Waals surface area (Å²) in [4.78, 5) is 23.8. The molecular weight excluding hydrogens is 298 g/mol. The Bertz CT molecular complexity index is 744. The summed E-state index contributed by atoms with van der Waals surface area (Å²) in [5.41, 5.74) is 3.68. The second-order valence-electron chi connectivity index (χ2n) is 6.38. The van der Waals surface area contributed by atoms with Gasteiger partial charge in [0, 0.05) is 48.0 Å². The molecule has 2 aromatic heterocycles. The van der Waals surface area contributed by atoms with Crippen molar-refractivity contribution in [2.75, 3.05) is 7.05 Å². The van der Waals surface area contributed by atoms with E-state index in [0.717, 1.165) is 35.1 Å². The summed E-state index contributed by atoms with van der Waals surface area (Å²) >= 11 is 0. The van der Waals surface area contributed by atoms with Crippen molar-refractivity contribution < 1.29 is 4.79 Å². The summed E-state index contributed by atoms with van der Waals surface area (Å²) in [7, 11) is 2.11. The zero-order valence-corrected chi connectivity index (χ0v) is 13.6. The Balaban J connectivity index is 1.78. The zero-order valence-electron chi connectivity index (χ0n) is 13.6. The van der Waals surface area contributed by atoms with E-state index in [1.54, 1.807) is 24.8 Å². The number of aromatic nitrogens is 2. The Kier molecular flexibility index (Phi) is 3.82. The second kappa shape index (κ2) is 6.13. The van der Waals surface area contributed by atoms with E-state index in [1.807, 2.05) is 36.4 Å². The fourth-order valence-electron chi connectivity index (χ4n) is 3.76. The SMILES string of the molecule is CN1[C@H]2CC[C@H]1/C(=C\c1cccnc1)C(=O)/C2=C/c1cccnc1. The fourth-order valence-corrected chi connectivity index (χ4v) is 3.76. The van der Waals surface area contributed by atoms with Crippen LogP contribution in [-0.4, -0.2) is 39.8 Å². The van der Waals surface area contributed by atoms with Crippen LogP contribution in [0.15, 0.2) is 60.2 Å². The molecule has 0 aliphatic carbocycles. The van der Waals surface area contributed by atoms with Crippen molar-refractivity contribution in [3.05, 3.63) is 71.3 Å². The molecular formula is C20H19N3O. The summed E-state index contributed by atoms with van der Waals surface area (Å²) in [6.45, 7) is 0. The van der Waals surface area contributed by atoms with Crippen LogP contribution in [0, 0.1) is 0 Å². The predicted octanol–water partition coefficient (Wildman–Crippen LogP) is 2.99. The largest absolute Gasteiger partial charge is 0.292 e. The minimum absolute atomic E-state index is 0.160. The smallest absolute Gasteiger partial charge is 0.188 e. The number of fused-ring (bicyclic) bond motifs is 2. The molecule has 0 N–H and O–H groups in total. The molecule has 2 aliphatic rings. The molecule has 24 heavy (non-hydrogen) atoms. The van der Waals surface area contributed by atoms with Crippen LogP contribution in [0.2, 0.25) is 0 Å². The molecule has 2 aromatic rings. The predicted molar refractivity (Wildman–Crippen MR) is 94.0 cm³/mol. The number of ketones is 1. The Labute approximate surface area is 141 Å². The molecule has 0 amide bonds. The van der Waals surface area contributed by atoms with Gasteiger partial charge in [0.05, 0.1) is 0 Å². The Morgan fingerprint density at radius 1 is 0.958 bits per heavy atom. The van der Waals surface area contributed by atoms with E-state index in [0.29, 0.717) is 0 Å². The molecule has 2 atom stereocenters. The van der Waals surface area contributed by atoms with E-state index in [9.17, 15) is 4.79 Å². The van der Waals surface area contributed by atoms with Crippen molar-refractivity contribution in [3.8, 4) is 0 Å². The maximum Gasteiger partial charge on any atom is 0.188 e. The molecule has 0 spiro atoms. The molecule has 2 bridgehead atoms. The topological polar surface area (TPSA) is 46.1 Å². The maximum atomic E-state index is 13.1. The first-order chi connectivity index (χ1) is 11.7. The van der Waals surface area contributed by atoms with Crippen molar-refractivity contribution >= 4 is 17.9 Å². The number of pyridine rings is 2. The Hall–Kier alpha value is -2.59. The Morgan fingerprint density at radius 2 is 1.46 bits per heavy atom. The third-order valence-electron chi connectivity index (χ3n) is 4.95. The normalized spacial score (nSPS) is 27.1. The number of hydrogen-bond donors (Lipinski definition) is 0. The molecule has 4 nitrogen and oxygen atoms in total. The van der Waals surface area contributed by atoms with Crippen molar-refractivity contribution in [1.29, 1.82) is 0 Å². The van der Waals surface area contributed by atoms with Crippen molar-refractivity contribution in [3.63, 3.8) is 0 Å². The van der Waals surface area contributed by atoms with Gasteiger partial charge < -0.3 is 0 Å². The van der Waals surface area contributed by atoms with E-state index in [-0.39, 0.29) is 17.9 Å². The number of nitrogens with zero attached hydrogens (tertiary/aromatic N) is 3. The first kappa shape index (κ1) is 15.0. The number of Topliss-reactive ketones (excluding diaryl/α,β-unsaturated/α-hetero) is 1. The lowest BCUT2D eigenvalue weighted by atomic mass is 9.89. The first-order valence-electron chi connectivity index (χ1n) is 8.24. The minimum Gasteiger partial charge on any atom is -0.292 e. The van der Waals surface area contributed by atoms with Gasteiger partial charge in [0.2, 0.25) is 0 Å². The Morgan fingerprint density at radius 3 is 1.88 bits per heavy atom.